The zero-order valence-electron chi connectivity index (χ0n) is 15.2. The van der Waals surface area contributed by atoms with Crippen LogP contribution in [0.25, 0.3) is 11.0 Å². The molecular formula is C18H21ClFN5O2. The molecule has 9 heteroatoms. The largest absolute Gasteiger partial charge is 0.481 e. The van der Waals surface area contributed by atoms with Crippen LogP contribution in [0.15, 0.2) is 35.5 Å². The second-order valence-corrected chi connectivity index (χ2v) is 7.93. The Bertz CT molecular complexity index is 931. The molecule has 2 atom stereocenters. The summed E-state index contributed by atoms with van der Waals surface area (Å²) in [6, 6.07) is 1.27. The van der Waals surface area contributed by atoms with Gasteiger partial charge in [0.15, 0.2) is 11.7 Å². The molecule has 4 N–H and O–H groups in total. The fraction of sp³-hybridized carbons (Fsp3) is 0.389. The molecule has 0 radical (unpaired) electrons. The van der Waals surface area contributed by atoms with Gasteiger partial charge in [-0.1, -0.05) is 32.4 Å². The monoisotopic (exact) mass is 393 g/mol. The third-order valence-electron chi connectivity index (χ3n) is 4.41. The Hall–Kier alpha value is -2.61. The van der Waals surface area contributed by atoms with E-state index in [-0.39, 0.29) is 12.3 Å². The molecule has 0 bridgehead atoms. The summed E-state index contributed by atoms with van der Waals surface area (Å²) in [5.41, 5.74) is 1.00. The van der Waals surface area contributed by atoms with Gasteiger partial charge in [0.05, 0.1) is 11.4 Å². The summed E-state index contributed by atoms with van der Waals surface area (Å²) in [4.78, 5) is 22.8. The molecule has 3 heterocycles. The van der Waals surface area contributed by atoms with E-state index in [0.29, 0.717) is 10.7 Å². The number of pyridine rings is 1. The lowest BCUT2D eigenvalue weighted by atomic mass is 9.84. The maximum Gasteiger partial charge on any atom is 0.305 e. The number of nitrogens with one attached hydrogen (secondary N) is 3. The van der Waals surface area contributed by atoms with E-state index in [2.05, 4.69) is 25.6 Å². The van der Waals surface area contributed by atoms with Crippen molar-refractivity contribution in [2.24, 2.45) is 10.4 Å². The minimum absolute atomic E-state index is 0.0178. The van der Waals surface area contributed by atoms with Crippen LogP contribution in [-0.4, -0.2) is 32.9 Å². The van der Waals surface area contributed by atoms with E-state index < -0.39 is 29.4 Å². The lowest BCUT2D eigenvalue weighted by Gasteiger charge is -2.32. The van der Waals surface area contributed by atoms with Crippen molar-refractivity contribution < 1.29 is 14.3 Å². The molecule has 0 fully saturated rings. The van der Waals surface area contributed by atoms with Crippen LogP contribution in [0.1, 0.15) is 38.9 Å². The minimum Gasteiger partial charge on any atom is -0.481 e. The predicted octanol–water partition coefficient (Wildman–Crippen LogP) is 3.51. The van der Waals surface area contributed by atoms with Crippen molar-refractivity contribution in [3.8, 4) is 0 Å². The highest BCUT2D eigenvalue weighted by atomic mass is 35.5. The second-order valence-electron chi connectivity index (χ2n) is 7.49. The zero-order chi connectivity index (χ0) is 19.8. The minimum atomic E-state index is -0.963. The summed E-state index contributed by atoms with van der Waals surface area (Å²) in [5, 5.41) is 16.3. The van der Waals surface area contributed by atoms with Crippen LogP contribution >= 0.6 is 11.6 Å². The highest BCUT2D eigenvalue weighted by Gasteiger charge is 2.30. The third-order valence-corrected chi connectivity index (χ3v) is 4.62. The molecule has 7 nitrogen and oxygen atoms in total. The highest BCUT2D eigenvalue weighted by Crippen LogP contribution is 2.29. The molecular weight excluding hydrogens is 373 g/mol. The summed E-state index contributed by atoms with van der Waals surface area (Å²) in [5.74, 6) is -1.53. The maximum atomic E-state index is 14.3. The number of aromatic amines is 1. The summed E-state index contributed by atoms with van der Waals surface area (Å²) >= 11 is 6.03. The molecule has 2 aromatic heterocycles. The fourth-order valence-corrected chi connectivity index (χ4v) is 3.01. The standard InChI is InChI=1S/C18H21ClFN5O2/c1-18(2,3)13(5-14(26)27)24-17-12(20)8-23-16(25-17)11-7-22-15-10(11)4-9(19)6-21-15/h4,6-8,13,16,23H,5H2,1-3H3,(H,21,22)(H,24,25)(H,26,27)/t13-,16?/m1/s1. The normalized spacial score (nSPS) is 18.5. The lowest BCUT2D eigenvalue weighted by Crippen LogP contribution is -2.46. The summed E-state index contributed by atoms with van der Waals surface area (Å²) in [7, 11) is 0. The Balaban J connectivity index is 1.92. The van der Waals surface area contributed by atoms with Gasteiger partial charge in [-0.2, -0.15) is 0 Å². The fourth-order valence-electron chi connectivity index (χ4n) is 2.85. The average Bonchev–Trinajstić information content (AvgIpc) is 2.98. The Morgan fingerprint density at radius 1 is 1.48 bits per heavy atom. The molecule has 3 rings (SSSR count). The van der Waals surface area contributed by atoms with Crippen LogP contribution in [-0.2, 0) is 4.79 Å². The molecule has 0 aromatic carbocycles. The first kappa shape index (κ1) is 19.2. The van der Waals surface area contributed by atoms with Crippen LogP contribution in [0.2, 0.25) is 5.02 Å². The molecule has 0 saturated carbocycles. The van der Waals surface area contributed by atoms with Crippen LogP contribution < -0.4 is 10.6 Å². The van der Waals surface area contributed by atoms with E-state index >= 15 is 0 Å². The van der Waals surface area contributed by atoms with E-state index in [1.54, 1.807) is 12.3 Å². The summed E-state index contributed by atoms with van der Waals surface area (Å²) in [6.07, 6.45) is 3.78. The molecule has 1 aliphatic rings. The first-order valence-corrected chi connectivity index (χ1v) is 8.83. The number of carbonyl (C=O) groups is 1. The van der Waals surface area contributed by atoms with E-state index in [9.17, 15) is 9.18 Å². The Morgan fingerprint density at radius 3 is 2.89 bits per heavy atom. The molecule has 27 heavy (non-hydrogen) atoms. The van der Waals surface area contributed by atoms with Crippen LogP contribution in [0.5, 0.6) is 0 Å². The molecule has 144 valence electrons. The topological polar surface area (TPSA) is 102 Å². The molecule has 0 spiro atoms. The number of H-pyrrole nitrogens is 1. The maximum absolute atomic E-state index is 14.3. The number of carboxylic acids is 1. The lowest BCUT2D eigenvalue weighted by molar-refractivity contribution is -0.138. The SMILES string of the molecule is CC(C)(C)[C@@H](CC(=O)O)NC1=NC(c2c[nH]c3ncc(Cl)cc23)NC=C1F. The van der Waals surface area contributed by atoms with Gasteiger partial charge in [0.1, 0.15) is 11.8 Å². The first-order chi connectivity index (χ1) is 12.6. The van der Waals surface area contributed by atoms with Crippen molar-refractivity contribution in [3.05, 3.63) is 41.1 Å². The van der Waals surface area contributed by atoms with Gasteiger partial charge in [0.25, 0.3) is 0 Å². The second kappa shape index (κ2) is 7.19. The number of aliphatic carboxylic acids is 1. The number of hydrogen-bond acceptors (Lipinski definition) is 5. The first-order valence-electron chi connectivity index (χ1n) is 8.46. The number of fused-ring (bicyclic) bond motifs is 1. The molecule has 2 aromatic rings. The van der Waals surface area contributed by atoms with Gasteiger partial charge < -0.3 is 20.7 Å². The van der Waals surface area contributed by atoms with E-state index in [1.807, 2.05) is 20.8 Å². The van der Waals surface area contributed by atoms with Gasteiger partial charge in [-0.15, -0.1) is 0 Å². The van der Waals surface area contributed by atoms with Gasteiger partial charge in [-0.05, 0) is 11.5 Å². The number of aliphatic imine (C=N–C) groups is 1. The van der Waals surface area contributed by atoms with Gasteiger partial charge in [0, 0.05) is 35.6 Å². The average molecular weight is 394 g/mol. The number of rotatable bonds is 4. The van der Waals surface area contributed by atoms with E-state index in [1.165, 1.54) is 12.4 Å². The van der Waals surface area contributed by atoms with Crippen molar-refractivity contribution in [2.45, 2.75) is 39.4 Å². The van der Waals surface area contributed by atoms with Crippen molar-refractivity contribution in [2.75, 3.05) is 0 Å². The van der Waals surface area contributed by atoms with Crippen molar-refractivity contribution in [1.82, 2.24) is 20.6 Å². The van der Waals surface area contributed by atoms with E-state index in [4.69, 9.17) is 16.7 Å². The van der Waals surface area contributed by atoms with Crippen molar-refractivity contribution >= 4 is 34.4 Å². The molecule has 1 aliphatic heterocycles. The van der Waals surface area contributed by atoms with Crippen LogP contribution in [0, 0.1) is 5.41 Å². The van der Waals surface area contributed by atoms with E-state index in [0.717, 1.165) is 10.9 Å². The smallest absolute Gasteiger partial charge is 0.305 e. The molecule has 1 unspecified atom stereocenters. The number of nitrogens with zero attached hydrogens (tertiary/aromatic N) is 2. The van der Waals surface area contributed by atoms with Gasteiger partial charge in [-0.25, -0.2) is 14.4 Å². The molecule has 0 saturated heterocycles. The number of halogens is 2. The quantitative estimate of drug-likeness (QED) is 0.636. The van der Waals surface area contributed by atoms with Crippen molar-refractivity contribution in [1.29, 1.82) is 0 Å². The van der Waals surface area contributed by atoms with Gasteiger partial charge in [0.2, 0.25) is 0 Å². The number of aromatic nitrogens is 2. The number of carboxylic acid groups (broad SMARTS) is 1. The zero-order valence-corrected chi connectivity index (χ0v) is 15.9. The van der Waals surface area contributed by atoms with Crippen molar-refractivity contribution in [3.63, 3.8) is 0 Å². The number of hydrogen-bond donors (Lipinski definition) is 4. The Kier molecular flexibility index (Phi) is 5.10. The number of amidine groups is 1. The Labute approximate surface area is 160 Å². The van der Waals surface area contributed by atoms with Crippen LogP contribution in [0.4, 0.5) is 4.39 Å². The summed E-state index contributed by atoms with van der Waals surface area (Å²) in [6.45, 7) is 5.67. The summed E-state index contributed by atoms with van der Waals surface area (Å²) < 4.78 is 14.3. The predicted molar refractivity (Wildman–Crippen MR) is 102 cm³/mol. The molecule has 0 aliphatic carbocycles. The third kappa shape index (κ3) is 4.21. The van der Waals surface area contributed by atoms with Gasteiger partial charge in [-0.3, -0.25) is 4.79 Å². The van der Waals surface area contributed by atoms with Gasteiger partial charge >= 0.3 is 5.97 Å². The van der Waals surface area contributed by atoms with Crippen LogP contribution in [0.3, 0.4) is 0 Å². The molecule has 0 amide bonds. The Morgan fingerprint density at radius 2 is 2.22 bits per heavy atom. The highest BCUT2D eigenvalue weighted by molar-refractivity contribution is 6.31.